The summed E-state index contributed by atoms with van der Waals surface area (Å²) in [6.45, 7) is 6.63. The number of nitrogens with zero attached hydrogens (tertiary/aromatic N) is 4. The normalized spacial score (nSPS) is 16.7. The predicted molar refractivity (Wildman–Crippen MR) is 106 cm³/mol. The number of imidazole rings is 1. The molecule has 0 amide bonds. The molecule has 2 aromatic carbocycles. The summed E-state index contributed by atoms with van der Waals surface area (Å²) >= 11 is 0. The van der Waals surface area contributed by atoms with E-state index in [9.17, 15) is 12.8 Å². The fraction of sp³-hybridized carbons (Fsp3) is 0.350. The van der Waals surface area contributed by atoms with Crippen molar-refractivity contribution in [1.82, 2.24) is 18.8 Å². The second-order valence-corrected chi connectivity index (χ2v) is 9.14. The minimum absolute atomic E-state index is 0.255. The molecule has 0 bridgehead atoms. The SMILES string of the molecule is Cc1cc2ncn(CN3CCN(S(=O)(=O)c4ccccc4F)CC3)c2cc1C. The van der Waals surface area contributed by atoms with Crippen LogP contribution in [0.1, 0.15) is 11.1 Å². The van der Waals surface area contributed by atoms with Gasteiger partial charge in [0.2, 0.25) is 10.0 Å². The van der Waals surface area contributed by atoms with Crippen LogP contribution >= 0.6 is 0 Å². The number of hydrogen-bond donors (Lipinski definition) is 0. The van der Waals surface area contributed by atoms with Crippen LogP contribution in [0.3, 0.4) is 0 Å². The number of benzene rings is 2. The molecule has 0 spiro atoms. The van der Waals surface area contributed by atoms with E-state index in [1.54, 1.807) is 6.07 Å². The van der Waals surface area contributed by atoms with Crippen molar-refractivity contribution < 1.29 is 12.8 Å². The highest BCUT2D eigenvalue weighted by molar-refractivity contribution is 7.89. The Kier molecular flexibility index (Phi) is 4.95. The highest BCUT2D eigenvalue weighted by atomic mass is 32.2. The van der Waals surface area contributed by atoms with Gasteiger partial charge in [0.25, 0.3) is 0 Å². The fourth-order valence-electron chi connectivity index (χ4n) is 3.55. The van der Waals surface area contributed by atoms with Gasteiger partial charge in [-0.3, -0.25) is 4.90 Å². The molecule has 0 aliphatic carbocycles. The van der Waals surface area contributed by atoms with Gasteiger partial charge in [0.1, 0.15) is 10.7 Å². The summed E-state index contributed by atoms with van der Waals surface area (Å²) in [5.74, 6) is -0.708. The molecule has 8 heteroatoms. The van der Waals surface area contributed by atoms with E-state index in [1.807, 2.05) is 6.33 Å². The first kappa shape index (κ1) is 19.0. The van der Waals surface area contributed by atoms with E-state index >= 15 is 0 Å². The quantitative estimate of drug-likeness (QED) is 0.673. The number of sulfonamides is 1. The van der Waals surface area contributed by atoms with Crippen LogP contribution in [0.4, 0.5) is 4.39 Å². The first-order valence-electron chi connectivity index (χ1n) is 9.25. The summed E-state index contributed by atoms with van der Waals surface area (Å²) in [7, 11) is -3.81. The third kappa shape index (κ3) is 3.43. The van der Waals surface area contributed by atoms with Crippen LogP contribution < -0.4 is 0 Å². The third-order valence-corrected chi connectivity index (χ3v) is 7.31. The van der Waals surface area contributed by atoms with Crippen molar-refractivity contribution >= 4 is 21.1 Å². The molecular formula is C20H23FN4O2S. The Labute approximate surface area is 164 Å². The summed E-state index contributed by atoms with van der Waals surface area (Å²) in [6.07, 6.45) is 1.83. The smallest absolute Gasteiger partial charge is 0.246 e. The number of hydrogen-bond acceptors (Lipinski definition) is 4. The van der Waals surface area contributed by atoms with Gasteiger partial charge in [0.15, 0.2) is 0 Å². The Morgan fingerprint density at radius 2 is 1.71 bits per heavy atom. The van der Waals surface area contributed by atoms with E-state index in [1.165, 1.54) is 33.6 Å². The van der Waals surface area contributed by atoms with Crippen molar-refractivity contribution in [1.29, 1.82) is 0 Å². The molecule has 4 rings (SSSR count). The van der Waals surface area contributed by atoms with Gasteiger partial charge in [-0.15, -0.1) is 0 Å². The first-order valence-corrected chi connectivity index (χ1v) is 10.7. The average Bonchev–Trinajstić information content (AvgIpc) is 3.04. The summed E-state index contributed by atoms with van der Waals surface area (Å²) in [6, 6.07) is 9.75. The molecule has 1 aliphatic heterocycles. The van der Waals surface area contributed by atoms with Crippen molar-refractivity contribution in [2.75, 3.05) is 26.2 Å². The van der Waals surface area contributed by atoms with Crippen LogP contribution in [-0.4, -0.2) is 53.4 Å². The Balaban J connectivity index is 1.46. The molecule has 1 saturated heterocycles. The van der Waals surface area contributed by atoms with Gasteiger partial charge in [-0.05, 0) is 49.2 Å². The maximum atomic E-state index is 14.0. The van der Waals surface area contributed by atoms with Crippen LogP contribution in [0.2, 0.25) is 0 Å². The lowest BCUT2D eigenvalue weighted by molar-refractivity contribution is 0.154. The Hall–Kier alpha value is -2.29. The molecule has 1 aromatic heterocycles. The van der Waals surface area contributed by atoms with E-state index in [0.29, 0.717) is 32.8 Å². The van der Waals surface area contributed by atoms with E-state index in [2.05, 4.69) is 40.4 Å². The summed E-state index contributed by atoms with van der Waals surface area (Å²) in [5, 5.41) is 0. The molecule has 0 unspecified atom stereocenters. The highest BCUT2D eigenvalue weighted by Crippen LogP contribution is 2.22. The van der Waals surface area contributed by atoms with E-state index in [-0.39, 0.29) is 4.90 Å². The zero-order valence-corrected chi connectivity index (χ0v) is 16.8. The average molecular weight is 402 g/mol. The van der Waals surface area contributed by atoms with Crippen molar-refractivity contribution in [2.45, 2.75) is 25.4 Å². The van der Waals surface area contributed by atoms with Crippen molar-refractivity contribution in [3.63, 3.8) is 0 Å². The number of aryl methyl sites for hydroxylation is 2. The van der Waals surface area contributed by atoms with Gasteiger partial charge < -0.3 is 4.57 Å². The summed E-state index contributed by atoms with van der Waals surface area (Å²) < 4.78 is 42.9. The van der Waals surface area contributed by atoms with E-state index < -0.39 is 15.8 Å². The topological polar surface area (TPSA) is 58.4 Å². The highest BCUT2D eigenvalue weighted by Gasteiger charge is 2.30. The molecule has 3 aromatic rings. The van der Waals surface area contributed by atoms with Crippen LogP contribution in [0.15, 0.2) is 47.6 Å². The second-order valence-electron chi connectivity index (χ2n) is 7.23. The second kappa shape index (κ2) is 7.27. The molecule has 1 aliphatic rings. The number of fused-ring (bicyclic) bond motifs is 1. The van der Waals surface area contributed by atoms with Gasteiger partial charge >= 0.3 is 0 Å². The van der Waals surface area contributed by atoms with Crippen LogP contribution in [0.5, 0.6) is 0 Å². The largest absolute Gasteiger partial charge is 0.317 e. The lowest BCUT2D eigenvalue weighted by atomic mass is 10.1. The monoisotopic (exact) mass is 402 g/mol. The number of halogens is 1. The zero-order chi connectivity index (χ0) is 19.9. The van der Waals surface area contributed by atoms with E-state index in [0.717, 1.165) is 11.0 Å². The van der Waals surface area contributed by atoms with Gasteiger partial charge in [-0.25, -0.2) is 17.8 Å². The van der Waals surface area contributed by atoms with Gasteiger partial charge in [-0.1, -0.05) is 12.1 Å². The van der Waals surface area contributed by atoms with Gasteiger partial charge in [0, 0.05) is 26.2 Å². The van der Waals surface area contributed by atoms with E-state index in [4.69, 9.17) is 0 Å². The summed E-state index contributed by atoms with van der Waals surface area (Å²) in [4.78, 5) is 6.41. The van der Waals surface area contributed by atoms with Gasteiger partial charge in [0.05, 0.1) is 24.0 Å². The number of piperazine rings is 1. The fourth-order valence-corrected chi connectivity index (χ4v) is 5.03. The molecule has 28 heavy (non-hydrogen) atoms. The molecule has 0 saturated carbocycles. The van der Waals surface area contributed by atoms with Crippen LogP contribution in [0.25, 0.3) is 11.0 Å². The molecule has 0 radical (unpaired) electrons. The lowest BCUT2D eigenvalue weighted by Gasteiger charge is -2.34. The molecule has 0 atom stereocenters. The van der Waals surface area contributed by atoms with Crippen LogP contribution in [0, 0.1) is 19.7 Å². The Morgan fingerprint density at radius 1 is 1.04 bits per heavy atom. The van der Waals surface area contributed by atoms with Crippen molar-refractivity contribution in [3.8, 4) is 0 Å². The molecule has 0 N–H and O–H groups in total. The molecule has 2 heterocycles. The lowest BCUT2D eigenvalue weighted by Crippen LogP contribution is -2.48. The maximum Gasteiger partial charge on any atom is 0.246 e. The molecule has 1 fully saturated rings. The summed E-state index contributed by atoms with van der Waals surface area (Å²) in [5.41, 5.74) is 4.47. The first-order chi connectivity index (χ1) is 13.4. The maximum absolute atomic E-state index is 14.0. The zero-order valence-electron chi connectivity index (χ0n) is 16.0. The Bertz CT molecular complexity index is 1120. The van der Waals surface area contributed by atoms with Gasteiger partial charge in [-0.2, -0.15) is 4.31 Å². The van der Waals surface area contributed by atoms with Crippen LogP contribution in [-0.2, 0) is 16.7 Å². The Morgan fingerprint density at radius 3 is 2.43 bits per heavy atom. The minimum atomic E-state index is -3.81. The molecule has 148 valence electrons. The predicted octanol–water partition coefficient (Wildman–Crippen LogP) is 2.76. The minimum Gasteiger partial charge on any atom is -0.317 e. The number of rotatable bonds is 4. The standard InChI is InChI=1S/C20H23FN4O2S/c1-15-11-18-19(12-16(15)2)24(13-22-18)14-23-7-9-25(10-8-23)28(26,27)20-6-4-3-5-17(20)21/h3-6,11-13H,7-10,14H2,1-2H3. The number of aromatic nitrogens is 2. The molecular weight excluding hydrogens is 379 g/mol. The van der Waals surface area contributed by atoms with Crippen molar-refractivity contribution in [3.05, 3.63) is 59.7 Å². The third-order valence-electron chi connectivity index (χ3n) is 5.37. The molecule has 6 nitrogen and oxygen atoms in total. The van der Waals surface area contributed by atoms with Crippen molar-refractivity contribution in [2.24, 2.45) is 0 Å².